The van der Waals surface area contributed by atoms with Gasteiger partial charge in [0.15, 0.2) is 17.4 Å². The molecular formula is C25H29F2N5O3. The Morgan fingerprint density at radius 2 is 1.86 bits per heavy atom. The minimum atomic E-state index is -0.743. The van der Waals surface area contributed by atoms with Crippen LogP contribution in [0.4, 0.5) is 20.2 Å². The predicted octanol–water partition coefficient (Wildman–Crippen LogP) is 3.50. The van der Waals surface area contributed by atoms with Crippen molar-refractivity contribution in [3.05, 3.63) is 64.7 Å². The predicted molar refractivity (Wildman–Crippen MR) is 128 cm³/mol. The van der Waals surface area contributed by atoms with Crippen molar-refractivity contribution in [2.24, 2.45) is 0 Å². The van der Waals surface area contributed by atoms with E-state index in [9.17, 15) is 13.6 Å². The lowest BCUT2D eigenvalue weighted by atomic mass is 10.0. The number of nitrogens with zero attached hydrogens (tertiary/aromatic N) is 4. The Balaban J connectivity index is 1.46. The van der Waals surface area contributed by atoms with Gasteiger partial charge >= 0.3 is 0 Å². The van der Waals surface area contributed by atoms with Crippen LogP contribution in [-0.2, 0) is 28.9 Å². The Kier molecular flexibility index (Phi) is 7.02. The van der Waals surface area contributed by atoms with Gasteiger partial charge in [-0.25, -0.2) is 8.78 Å². The minimum Gasteiger partial charge on any atom is -0.491 e. The van der Waals surface area contributed by atoms with Crippen molar-refractivity contribution in [2.75, 3.05) is 31.5 Å². The lowest BCUT2D eigenvalue weighted by molar-refractivity contribution is -0.120. The standard InChI is InChI=1S/C25H29F2N5O3/c1-14-22-21(31(3)23(15(2)34-4)25(33)30-22)10-18(29-14)7-6-16-11-28-32(12-16)13-17-8-19(26)24(35-5)20(27)9-17/h8-12,15,23H,6-7,13H2,1-5H3,(H,30,33)/t15-,23+/m1/s1. The molecule has 35 heavy (non-hydrogen) atoms. The van der Waals surface area contributed by atoms with Gasteiger partial charge in [-0.15, -0.1) is 0 Å². The van der Waals surface area contributed by atoms with Gasteiger partial charge in [-0.3, -0.25) is 14.5 Å². The van der Waals surface area contributed by atoms with Crippen LogP contribution in [0.25, 0.3) is 0 Å². The van der Waals surface area contributed by atoms with Crippen molar-refractivity contribution >= 4 is 17.3 Å². The molecule has 1 aromatic carbocycles. The van der Waals surface area contributed by atoms with Gasteiger partial charge in [0.1, 0.15) is 6.04 Å². The van der Waals surface area contributed by atoms with Crippen LogP contribution >= 0.6 is 0 Å². The van der Waals surface area contributed by atoms with E-state index >= 15 is 0 Å². The number of amides is 1. The summed E-state index contributed by atoms with van der Waals surface area (Å²) in [6.07, 6.45) is 4.67. The smallest absolute Gasteiger partial charge is 0.249 e. The largest absolute Gasteiger partial charge is 0.491 e. The lowest BCUT2D eigenvalue weighted by Gasteiger charge is -2.38. The molecule has 0 saturated heterocycles. The number of carbonyl (C=O) groups excluding carboxylic acids is 1. The molecule has 0 fully saturated rings. The first-order valence-electron chi connectivity index (χ1n) is 11.3. The van der Waals surface area contributed by atoms with E-state index in [2.05, 4.69) is 15.4 Å². The summed E-state index contributed by atoms with van der Waals surface area (Å²) in [5, 5.41) is 7.29. The number of aromatic nitrogens is 3. The molecule has 0 unspecified atom stereocenters. The zero-order chi connectivity index (χ0) is 25.3. The number of hydrogen-bond acceptors (Lipinski definition) is 6. The van der Waals surface area contributed by atoms with Crippen molar-refractivity contribution in [3.8, 4) is 5.75 Å². The van der Waals surface area contributed by atoms with Crippen molar-refractivity contribution in [2.45, 2.75) is 45.4 Å². The van der Waals surface area contributed by atoms with Gasteiger partial charge in [0.05, 0.1) is 43.0 Å². The fourth-order valence-electron chi connectivity index (χ4n) is 4.44. The summed E-state index contributed by atoms with van der Waals surface area (Å²) in [5.41, 5.74) is 4.69. The van der Waals surface area contributed by atoms with E-state index < -0.39 is 23.4 Å². The van der Waals surface area contributed by atoms with Crippen molar-refractivity contribution in [3.63, 3.8) is 0 Å². The number of pyridine rings is 1. The molecule has 3 aromatic rings. The number of nitrogens with one attached hydrogen (secondary N) is 1. The highest BCUT2D eigenvalue weighted by molar-refractivity contribution is 6.04. The second kappa shape index (κ2) is 9.99. The maximum atomic E-state index is 14.0. The molecule has 1 aliphatic heterocycles. The van der Waals surface area contributed by atoms with Crippen LogP contribution in [0.3, 0.4) is 0 Å². The molecule has 0 spiro atoms. The monoisotopic (exact) mass is 485 g/mol. The maximum absolute atomic E-state index is 14.0. The zero-order valence-electron chi connectivity index (χ0n) is 20.4. The highest BCUT2D eigenvalue weighted by atomic mass is 19.1. The summed E-state index contributed by atoms with van der Waals surface area (Å²) in [6.45, 7) is 3.98. The molecule has 2 aromatic heterocycles. The van der Waals surface area contributed by atoms with Gasteiger partial charge in [-0.1, -0.05) is 0 Å². The highest BCUT2D eigenvalue weighted by Gasteiger charge is 2.36. The molecule has 0 radical (unpaired) electrons. The second-order valence-electron chi connectivity index (χ2n) is 8.72. The number of likely N-dealkylation sites (N-methyl/N-ethyl adjacent to an activating group) is 1. The van der Waals surface area contributed by atoms with Gasteiger partial charge < -0.3 is 19.7 Å². The van der Waals surface area contributed by atoms with Crippen molar-refractivity contribution < 1.29 is 23.0 Å². The molecule has 8 nitrogen and oxygen atoms in total. The third-order valence-corrected chi connectivity index (χ3v) is 6.33. The van der Waals surface area contributed by atoms with Gasteiger partial charge in [0.2, 0.25) is 5.91 Å². The first kappa shape index (κ1) is 24.6. The van der Waals surface area contributed by atoms with E-state index in [1.165, 1.54) is 19.2 Å². The Labute approximate surface area is 202 Å². The third kappa shape index (κ3) is 4.97. The molecule has 186 valence electrons. The third-order valence-electron chi connectivity index (χ3n) is 6.33. The lowest BCUT2D eigenvalue weighted by Crippen LogP contribution is -2.52. The highest BCUT2D eigenvalue weighted by Crippen LogP contribution is 2.35. The molecular weight excluding hydrogens is 456 g/mol. The van der Waals surface area contributed by atoms with Crippen LogP contribution in [0, 0.1) is 18.6 Å². The second-order valence-corrected chi connectivity index (χ2v) is 8.72. The quantitative estimate of drug-likeness (QED) is 0.526. The maximum Gasteiger partial charge on any atom is 0.249 e. The van der Waals surface area contributed by atoms with E-state index in [0.29, 0.717) is 24.1 Å². The zero-order valence-corrected chi connectivity index (χ0v) is 20.4. The molecule has 3 heterocycles. The van der Waals surface area contributed by atoms with Gasteiger partial charge in [-0.05, 0) is 56.0 Å². The molecule has 10 heteroatoms. The average Bonchev–Trinajstić information content (AvgIpc) is 3.25. The summed E-state index contributed by atoms with van der Waals surface area (Å²) >= 11 is 0. The molecule has 2 atom stereocenters. The number of anilines is 2. The summed E-state index contributed by atoms with van der Waals surface area (Å²) in [6, 6.07) is 4.05. The fourth-order valence-corrected chi connectivity index (χ4v) is 4.44. The van der Waals surface area contributed by atoms with Crippen LogP contribution in [-0.4, -0.2) is 54.1 Å². The topological polar surface area (TPSA) is 81.5 Å². The Hall–Kier alpha value is -3.53. The number of methoxy groups -OCH3 is 2. The molecule has 4 rings (SSSR count). The summed E-state index contributed by atoms with van der Waals surface area (Å²) in [5.74, 6) is -1.99. The number of halogens is 2. The molecule has 1 amide bonds. The Morgan fingerprint density at radius 3 is 2.51 bits per heavy atom. The van der Waals surface area contributed by atoms with Crippen LogP contribution in [0.15, 0.2) is 30.6 Å². The van der Waals surface area contributed by atoms with Crippen molar-refractivity contribution in [1.82, 2.24) is 14.8 Å². The van der Waals surface area contributed by atoms with E-state index in [1.54, 1.807) is 18.0 Å². The number of rotatable bonds is 8. The Morgan fingerprint density at radius 1 is 1.14 bits per heavy atom. The SMILES string of the molecule is COc1c(F)cc(Cn2cc(CCc3cc4c(c(C)n3)NC(=O)[C@H]([C@@H](C)OC)N4C)cn2)cc1F. The summed E-state index contributed by atoms with van der Waals surface area (Å²) < 4.78 is 39.7. The first-order valence-corrected chi connectivity index (χ1v) is 11.3. The van der Waals surface area contributed by atoms with E-state index in [-0.39, 0.29) is 18.6 Å². The van der Waals surface area contributed by atoms with Crippen LogP contribution in [0.2, 0.25) is 0 Å². The van der Waals surface area contributed by atoms with Gasteiger partial charge in [0.25, 0.3) is 0 Å². The van der Waals surface area contributed by atoms with E-state index in [0.717, 1.165) is 22.6 Å². The van der Waals surface area contributed by atoms with E-state index in [4.69, 9.17) is 9.47 Å². The normalized spacial score (nSPS) is 16.1. The van der Waals surface area contributed by atoms with Gasteiger partial charge in [-0.2, -0.15) is 5.10 Å². The van der Waals surface area contributed by atoms with Crippen LogP contribution in [0.5, 0.6) is 5.75 Å². The average molecular weight is 486 g/mol. The molecule has 0 aliphatic carbocycles. The summed E-state index contributed by atoms with van der Waals surface area (Å²) in [7, 11) is 4.70. The molecule has 0 saturated carbocycles. The molecule has 1 N–H and O–H groups in total. The first-order chi connectivity index (χ1) is 16.7. The number of ether oxygens (including phenoxy) is 2. The number of fused-ring (bicyclic) bond motifs is 1. The minimum absolute atomic E-state index is 0.115. The summed E-state index contributed by atoms with van der Waals surface area (Å²) in [4.78, 5) is 19.2. The van der Waals surface area contributed by atoms with Crippen molar-refractivity contribution in [1.29, 1.82) is 0 Å². The Bertz CT molecular complexity index is 1220. The number of aryl methyl sites for hydroxylation is 3. The number of benzene rings is 1. The van der Waals surface area contributed by atoms with Crippen LogP contribution < -0.4 is 15.0 Å². The molecule has 1 aliphatic rings. The number of hydrogen-bond donors (Lipinski definition) is 1. The van der Waals surface area contributed by atoms with Crippen LogP contribution in [0.1, 0.15) is 29.4 Å². The molecule has 0 bridgehead atoms. The van der Waals surface area contributed by atoms with Gasteiger partial charge in [0, 0.05) is 26.0 Å². The number of carbonyl (C=O) groups is 1. The fraction of sp³-hybridized carbons (Fsp3) is 0.400. The van der Waals surface area contributed by atoms with E-state index in [1.807, 2.05) is 38.1 Å².